The second-order valence-corrected chi connectivity index (χ2v) is 7.89. The van der Waals surface area contributed by atoms with E-state index in [4.69, 9.17) is 9.47 Å². The molecule has 1 atom stereocenters. The number of anilines is 1. The van der Waals surface area contributed by atoms with Crippen LogP contribution in [-0.4, -0.2) is 43.7 Å². The highest BCUT2D eigenvalue weighted by molar-refractivity contribution is 5.97. The molecule has 2 aromatic rings. The molecule has 2 aromatic carbocycles. The number of benzene rings is 2. The van der Waals surface area contributed by atoms with Crippen molar-refractivity contribution >= 4 is 17.5 Å². The number of hydrogen-bond donors (Lipinski definition) is 3. The van der Waals surface area contributed by atoms with Crippen LogP contribution in [0.5, 0.6) is 5.75 Å². The Morgan fingerprint density at radius 3 is 2.68 bits per heavy atom. The van der Waals surface area contributed by atoms with Crippen LogP contribution in [0, 0.1) is 0 Å². The molecule has 1 saturated heterocycles. The van der Waals surface area contributed by atoms with Crippen molar-refractivity contribution in [3.05, 3.63) is 59.7 Å². The van der Waals surface area contributed by atoms with Gasteiger partial charge in [-0.3, -0.25) is 9.59 Å². The molecule has 0 aliphatic carbocycles. The van der Waals surface area contributed by atoms with Gasteiger partial charge in [0, 0.05) is 30.9 Å². The summed E-state index contributed by atoms with van der Waals surface area (Å²) in [5.41, 5.74) is 2.16. The van der Waals surface area contributed by atoms with E-state index in [9.17, 15) is 9.59 Å². The van der Waals surface area contributed by atoms with E-state index in [0.29, 0.717) is 24.3 Å². The Bertz CT molecular complexity index is 861. The molecule has 0 saturated carbocycles. The predicted molar refractivity (Wildman–Crippen MR) is 120 cm³/mol. The third kappa shape index (κ3) is 7.70. The highest BCUT2D eigenvalue weighted by Crippen LogP contribution is 2.14. The lowest BCUT2D eigenvalue weighted by atomic mass is 10.1. The highest BCUT2D eigenvalue weighted by Gasteiger charge is 2.17. The predicted octanol–water partition coefficient (Wildman–Crippen LogP) is 3.11. The minimum absolute atomic E-state index is 0.0943. The number of carbonyl (C=O) groups is 2. The first-order valence-corrected chi connectivity index (χ1v) is 10.8. The molecule has 0 spiro atoms. The van der Waals surface area contributed by atoms with Gasteiger partial charge < -0.3 is 25.4 Å². The van der Waals surface area contributed by atoms with E-state index in [1.54, 1.807) is 24.3 Å². The van der Waals surface area contributed by atoms with Crippen LogP contribution in [0.15, 0.2) is 48.5 Å². The van der Waals surface area contributed by atoms with Gasteiger partial charge in [-0.2, -0.15) is 0 Å². The first-order valence-electron chi connectivity index (χ1n) is 10.8. The van der Waals surface area contributed by atoms with E-state index >= 15 is 0 Å². The summed E-state index contributed by atoms with van der Waals surface area (Å²) < 4.78 is 11.1. The van der Waals surface area contributed by atoms with Crippen molar-refractivity contribution in [3.63, 3.8) is 0 Å². The molecule has 7 heteroatoms. The topological polar surface area (TPSA) is 88.7 Å². The molecule has 3 rings (SSSR count). The van der Waals surface area contributed by atoms with Crippen molar-refractivity contribution in [2.45, 2.75) is 45.4 Å². The van der Waals surface area contributed by atoms with Crippen molar-refractivity contribution < 1.29 is 19.1 Å². The van der Waals surface area contributed by atoms with Crippen LogP contribution >= 0.6 is 0 Å². The Labute approximate surface area is 183 Å². The molecule has 1 aliphatic rings. The van der Waals surface area contributed by atoms with Gasteiger partial charge in [-0.25, -0.2) is 0 Å². The molecule has 166 valence electrons. The van der Waals surface area contributed by atoms with Crippen LogP contribution in [0.1, 0.15) is 42.6 Å². The third-order valence-corrected chi connectivity index (χ3v) is 4.83. The fourth-order valence-electron chi connectivity index (χ4n) is 3.34. The van der Waals surface area contributed by atoms with Gasteiger partial charge >= 0.3 is 0 Å². The number of carbonyl (C=O) groups excluding carboxylic acids is 2. The standard InChI is InChI=1S/C24H31N3O4/c1-17(2)31-21-10-8-18(9-11-21)14-25-16-23(28)27-20-6-3-5-19(13-20)24(29)26-15-22-7-4-12-30-22/h3,5-6,8-11,13,17,22,25H,4,7,12,14-16H2,1-2H3,(H,26,29)(H,27,28). The summed E-state index contributed by atoms with van der Waals surface area (Å²) in [5, 5.41) is 8.84. The number of amides is 2. The Morgan fingerprint density at radius 2 is 1.97 bits per heavy atom. The molecule has 7 nitrogen and oxygen atoms in total. The second kappa shape index (κ2) is 11.5. The van der Waals surface area contributed by atoms with Crippen molar-refractivity contribution in [2.24, 2.45) is 0 Å². The normalized spacial score (nSPS) is 15.6. The van der Waals surface area contributed by atoms with Gasteiger partial charge in [0.25, 0.3) is 5.91 Å². The molecule has 31 heavy (non-hydrogen) atoms. The smallest absolute Gasteiger partial charge is 0.251 e. The number of ether oxygens (including phenoxy) is 2. The molecule has 1 aliphatic heterocycles. The molecule has 0 aromatic heterocycles. The molecule has 1 unspecified atom stereocenters. The summed E-state index contributed by atoms with van der Waals surface area (Å²) in [6.45, 7) is 5.97. The molecular weight excluding hydrogens is 394 g/mol. The molecule has 0 bridgehead atoms. The maximum atomic E-state index is 12.4. The van der Waals surface area contributed by atoms with Gasteiger partial charge in [0.15, 0.2) is 0 Å². The van der Waals surface area contributed by atoms with E-state index < -0.39 is 0 Å². The number of nitrogens with one attached hydrogen (secondary N) is 3. The van der Waals surface area contributed by atoms with Crippen molar-refractivity contribution in [2.75, 3.05) is 25.0 Å². The van der Waals surface area contributed by atoms with E-state index in [2.05, 4.69) is 16.0 Å². The molecule has 0 radical (unpaired) electrons. The Morgan fingerprint density at radius 1 is 1.16 bits per heavy atom. The van der Waals surface area contributed by atoms with E-state index in [1.807, 2.05) is 38.1 Å². The monoisotopic (exact) mass is 425 g/mol. The summed E-state index contributed by atoms with van der Waals surface area (Å²) in [5.74, 6) is 0.488. The van der Waals surface area contributed by atoms with E-state index in [0.717, 1.165) is 30.8 Å². The second-order valence-electron chi connectivity index (χ2n) is 7.89. The van der Waals surface area contributed by atoms with E-state index in [-0.39, 0.29) is 30.6 Å². The summed E-state index contributed by atoms with van der Waals surface area (Å²) in [4.78, 5) is 24.6. The van der Waals surface area contributed by atoms with Crippen LogP contribution < -0.4 is 20.7 Å². The summed E-state index contributed by atoms with van der Waals surface area (Å²) in [6, 6.07) is 14.7. The van der Waals surface area contributed by atoms with Crippen LogP contribution in [0.2, 0.25) is 0 Å². The summed E-state index contributed by atoms with van der Waals surface area (Å²) in [6.07, 6.45) is 2.24. The molecule has 1 heterocycles. The number of hydrogen-bond acceptors (Lipinski definition) is 5. The Kier molecular flexibility index (Phi) is 8.44. The molecular formula is C24H31N3O4. The molecule has 1 fully saturated rings. The molecule has 3 N–H and O–H groups in total. The van der Waals surface area contributed by atoms with Gasteiger partial charge in [0.2, 0.25) is 5.91 Å². The first kappa shape index (κ1) is 22.8. The largest absolute Gasteiger partial charge is 0.491 e. The lowest BCUT2D eigenvalue weighted by Gasteiger charge is -2.12. The van der Waals surface area contributed by atoms with Crippen molar-refractivity contribution in [1.29, 1.82) is 0 Å². The molecule has 2 amide bonds. The third-order valence-electron chi connectivity index (χ3n) is 4.83. The van der Waals surface area contributed by atoms with E-state index in [1.165, 1.54) is 0 Å². The van der Waals surface area contributed by atoms with Gasteiger partial charge in [0.1, 0.15) is 5.75 Å². The van der Waals surface area contributed by atoms with Crippen LogP contribution in [0.25, 0.3) is 0 Å². The zero-order valence-corrected chi connectivity index (χ0v) is 18.1. The maximum absolute atomic E-state index is 12.4. The van der Waals surface area contributed by atoms with Gasteiger partial charge in [-0.15, -0.1) is 0 Å². The summed E-state index contributed by atoms with van der Waals surface area (Å²) in [7, 11) is 0. The fraction of sp³-hybridized carbons (Fsp3) is 0.417. The summed E-state index contributed by atoms with van der Waals surface area (Å²) >= 11 is 0. The average Bonchev–Trinajstić information content (AvgIpc) is 3.27. The van der Waals surface area contributed by atoms with Crippen LogP contribution in [-0.2, 0) is 16.1 Å². The Hall–Kier alpha value is -2.90. The average molecular weight is 426 g/mol. The van der Waals surface area contributed by atoms with Crippen molar-refractivity contribution in [3.8, 4) is 5.75 Å². The highest BCUT2D eigenvalue weighted by atomic mass is 16.5. The fourth-order valence-corrected chi connectivity index (χ4v) is 3.34. The van der Waals surface area contributed by atoms with Crippen LogP contribution in [0.3, 0.4) is 0 Å². The van der Waals surface area contributed by atoms with Gasteiger partial charge in [-0.05, 0) is 62.6 Å². The van der Waals surface area contributed by atoms with Gasteiger partial charge in [0.05, 0.1) is 18.8 Å². The zero-order valence-electron chi connectivity index (χ0n) is 18.1. The first-order chi connectivity index (χ1) is 15.0. The van der Waals surface area contributed by atoms with Crippen molar-refractivity contribution in [1.82, 2.24) is 10.6 Å². The Balaban J connectivity index is 1.41. The van der Waals surface area contributed by atoms with Gasteiger partial charge in [-0.1, -0.05) is 18.2 Å². The maximum Gasteiger partial charge on any atom is 0.251 e. The lowest BCUT2D eigenvalue weighted by Crippen LogP contribution is -2.32. The minimum atomic E-state index is -0.172. The zero-order chi connectivity index (χ0) is 22.1. The lowest BCUT2D eigenvalue weighted by molar-refractivity contribution is -0.115. The SMILES string of the molecule is CC(C)Oc1ccc(CNCC(=O)Nc2cccc(C(=O)NCC3CCCO3)c2)cc1. The number of rotatable bonds is 10. The van der Waals surface area contributed by atoms with Crippen LogP contribution in [0.4, 0.5) is 5.69 Å². The quantitative estimate of drug-likeness (QED) is 0.544. The minimum Gasteiger partial charge on any atom is -0.491 e.